The van der Waals surface area contributed by atoms with Crippen LogP contribution in [0, 0.1) is 13.8 Å². The molecule has 3 nitrogen and oxygen atoms in total. The highest BCUT2D eigenvalue weighted by molar-refractivity contribution is 5.91. The van der Waals surface area contributed by atoms with E-state index >= 15 is 0 Å². The maximum Gasteiger partial charge on any atom is 0.401 e. The minimum Gasteiger partial charge on any atom is -0.478 e. The third-order valence-corrected chi connectivity index (χ3v) is 2.64. The van der Waals surface area contributed by atoms with E-state index in [4.69, 9.17) is 5.11 Å². The van der Waals surface area contributed by atoms with Crippen molar-refractivity contribution in [3.63, 3.8) is 0 Å². The summed E-state index contributed by atoms with van der Waals surface area (Å²) in [7, 11) is 0. The fourth-order valence-electron chi connectivity index (χ4n) is 1.75. The van der Waals surface area contributed by atoms with Crippen LogP contribution in [0.15, 0.2) is 12.1 Å². The van der Waals surface area contributed by atoms with Crippen LogP contribution in [0.25, 0.3) is 0 Å². The molecule has 0 aliphatic heterocycles. The standard InChI is InChI=1S/C12H14F3NO2/c1-7-3-4-9(5-16-6-12(13,14)15)8(2)10(7)11(17)18/h3-4,16H,5-6H2,1-2H3,(H,17,18). The third-order valence-electron chi connectivity index (χ3n) is 2.64. The Labute approximate surface area is 103 Å². The van der Waals surface area contributed by atoms with Crippen LogP contribution in [0.5, 0.6) is 0 Å². The molecule has 0 fully saturated rings. The number of alkyl halides is 3. The second-order valence-corrected chi connectivity index (χ2v) is 4.07. The summed E-state index contributed by atoms with van der Waals surface area (Å²) in [5, 5.41) is 11.3. The van der Waals surface area contributed by atoms with Gasteiger partial charge in [-0.15, -0.1) is 0 Å². The van der Waals surface area contributed by atoms with Crippen molar-refractivity contribution in [3.05, 3.63) is 34.4 Å². The van der Waals surface area contributed by atoms with Gasteiger partial charge in [0.15, 0.2) is 0 Å². The van der Waals surface area contributed by atoms with Gasteiger partial charge in [0.25, 0.3) is 0 Å². The van der Waals surface area contributed by atoms with E-state index in [0.29, 0.717) is 16.7 Å². The first-order chi connectivity index (χ1) is 8.22. The fourth-order valence-corrected chi connectivity index (χ4v) is 1.75. The van der Waals surface area contributed by atoms with Gasteiger partial charge in [-0.3, -0.25) is 0 Å². The average molecular weight is 261 g/mol. The number of nitrogens with one attached hydrogen (secondary N) is 1. The van der Waals surface area contributed by atoms with E-state index in [2.05, 4.69) is 5.32 Å². The molecular weight excluding hydrogens is 247 g/mol. The molecule has 1 aromatic carbocycles. The molecule has 2 N–H and O–H groups in total. The first-order valence-corrected chi connectivity index (χ1v) is 5.32. The molecule has 0 spiro atoms. The predicted octanol–water partition coefficient (Wildman–Crippen LogP) is 2.65. The number of hydrogen-bond donors (Lipinski definition) is 2. The number of hydrogen-bond acceptors (Lipinski definition) is 2. The Bertz CT molecular complexity index is 455. The first kappa shape index (κ1) is 14.5. The maximum absolute atomic E-state index is 12.0. The van der Waals surface area contributed by atoms with E-state index in [0.717, 1.165) is 0 Å². The van der Waals surface area contributed by atoms with Crippen molar-refractivity contribution >= 4 is 5.97 Å². The van der Waals surface area contributed by atoms with Gasteiger partial charge < -0.3 is 10.4 Å². The summed E-state index contributed by atoms with van der Waals surface area (Å²) in [6, 6.07) is 3.24. The van der Waals surface area contributed by atoms with Crippen molar-refractivity contribution in [1.29, 1.82) is 0 Å². The number of carboxylic acid groups (broad SMARTS) is 1. The minimum absolute atomic E-state index is 0.00803. The first-order valence-electron chi connectivity index (χ1n) is 5.32. The minimum atomic E-state index is -4.27. The highest BCUT2D eigenvalue weighted by Gasteiger charge is 2.26. The zero-order valence-corrected chi connectivity index (χ0v) is 10.1. The van der Waals surface area contributed by atoms with E-state index in [-0.39, 0.29) is 12.1 Å². The molecule has 0 atom stereocenters. The number of carboxylic acids is 1. The number of aryl methyl sites for hydroxylation is 1. The molecule has 0 aromatic heterocycles. The molecule has 100 valence electrons. The summed E-state index contributed by atoms with van der Waals surface area (Å²) in [6.07, 6.45) is -4.27. The topological polar surface area (TPSA) is 49.3 Å². The molecule has 6 heteroatoms. The molecular formula is C12H14F3NO2. The van der Waals surface area contributed by atoms with Gasteiger partial charge in [0.05, 0.1) is 12.1 Å². The summed E-state index contributed by atoms with van der Waals surface area (Å²) >= 11 is 0. The Morgan fingerprint density at radius 1 is 1.33 bits per heavy atom. The van der Waals surface area contributed by atoms with Gasteiger partial charge in [-0.2, -0.15) is 13.2 Å². The molecule has 0 amide bonds. The van der Waals surface area contributed by atoms with Crippen molar-refractivity contribution in [2.45, 2.75) is 26.6 Å². The zero-order valence-electron chi connectivity index (χ0n) is 10.1. The number of benzene rings is 1. The van der Waals surface area contributed by atoms with E-state index in [1.165, 1.54) is 0 Å². The summed E-state index contributed by atoms with van der Waals surface area (Å²) in [5.74, 6) is -1.07. The summed E-state index contributed by atoms with van der Waals surface area (Å²) in [5.41, 5.74) is 1.81. The second-order valence-electron chi connectivity index (χ2n) is 4.07. The van der Waals surface area contributed by atoms with Crippen LogP contribution in [0.4, 0.5) is 13.2 Å². The molecule has 18 heavy (non-hydrogen) atoms. The highest BCUT2D eigenvalue weighted by atomic mass is 19.4. The number of halogens is 3. The van der Waals surface area contributed by atoms with Crippen LogP contribution >= 0.6 is 0 Å². The van der Waals surface area contributed by atoms with Gasteiger partial charge >= 0.3 is 12.1 Å². The molecule has 0 saturated carbocycles. The van der Waals surface area contributed by atoms with Crippen LogP contribution in [-0.2, 0) is 6.54 Å². The van der Waals surface area contributed by atoms with Crippen molar-refractivity contribution in [1.82, 2.24) is 5.32 Å². The van der Waals surface area contributed by atoms with E-state index in [1.54, 1.807) is 26.0 Å². The molecule has 0 radical (unpaired) electrons. The molecule has 0 aliphatic carbocycles. The van der Waals surface area contributed by atoms with E-state index < -0.39 is 18.7 Å². The van der Waals surface area contributed by atoms with E-state index in [1.807, 2.05) is 0 Å². The molecule has 0 bridgehead atoms. The fraction of sp³-hybridized carbons (Fsp3) is 0.417. The quantitative estimate of drug-likeness (QED) is 0.876. The Hall–Kier alpha value is -1.56. The van der Waals surface area contributed by atoms with Crippen molar-refractivity contribution in [2.24, 2.45) is 0 Å². The van der Waals surface area contributed by atoms with Gasteiger partial charge in [0.2, 0.25) is 0 Å². The predicted molar refractivity (Wildman–Crippen MR) is 60.6 cm³/mol. The van der Waals surface area contributed by atoms with Crippen molar-refractivity contribution in [2.75, 3.05) is 6.54 Å². The lowest BCUT2D eigenvalue weighted by atomic mass is 9.97. The Kier molecular flexibility index (Phi) is 4.34. The summed E-state index contributed by atoms with van der Waals surface area (Å²) in [6.45, 7) is 2.15. The van der Waals surface area contributed by atoms with Crippen LogP contribution in [0.2, 0.25) is 0 Å². The van der Waals surface area contributed by atoms with Gasteiger partial charge in [-0.25, -0.2) is 4.79 Å². The maximum atomic E-state index is 12.0. The van der Waals surface area contributed by atoms with Gasteiger partial charge in [-0.1, -0.05) is 12.1 Å². The van der Waals surface area contributed by atoms with Crippen LogP contribution < -0.4 is 5.32 Å². The lowest BCUT2D eigenvalue weighted by molar-refractivity contribution is -0.125. The number of carbonyl (C=O) groups is 1. The second kappa shape index (κ2) is 5.39. The van der Waals surface area contributed by atoms with Gasteiger partial charge in [0, 0.05) is 6.54 Å². The van der Waals surface area contributed by atoms with Gasteiger partial charge in [0.1, 0.15) is 0 Å². The van der Waals surface area contributed by atoms with Crippen LogP contribution in [0.1, 0.15) is 27.0 Å². The van der Waals surface area contributed by atoms with Crippen molar-refractivity contribution in [3.8, 4) is 0 Å². The molecule has 0 saturated heterocycles. The monoisotopic (exact) mass is 261 g/mol. The highest BCUT2D eigenvalue weighted by Crippen LogP contribution is 2.19. The molecule has 0 unspecified atom stereocenters. The number of aromatic carboxylic acids is 1. The van der Waals surface area contributed by atoms with E-state index in [9.17, 15) is 18.0 Å². The Morgan fingerprint density at radius 2 is 1.94 bits per heavy atom. The van der Waals surface area contributed by atoms with Gasteiger partial charge in [-0.05, 0) is 30.5 Å². The Balaban J connectivity index is 2.85. The average Bonchev–Trinajstić information content (AvgIpc) is 2.19. The largest absolute Gasteiger partial charge is 0.478 e. The summed E-state index contributed by atoms with van der Waals surface area (Å²) in [4.78, 5) is 11.0. The SMILES string of the molecule is Cc1ccc(CNCC(F)(F)F)c(C)c1C(=O)O. The van der Waals surface area contributed by atoms with Crippen LogP contribution in [-0.4, -0.2) is 23.8 Å². The number of rotatable bonds is 4. The lowest BCUT2D eigenvalue weighted by Gasteiger charge is -2.13. The Morgan fingerprint density at radius 3 is 2.44 bits per heavy atom. The summed E-state index contributed by atoms with van der Waals surface area (Å²) < 4.78 is 35.9. The van der Waals surface area contributed by atoms with Crippen LogP contribution in [0.3, 0.4) is 0 Å². The normalized spacial score (nSPS) is 11.6. The lowest BCUT2D eigenvalue weighted by Crippen LogP contribution is -2.28. The smallest absolute Gasteiger partial charge is 0.401 e. The molecule has 1 rings (SSSR count). The molecule has 0 aliphatic rings. The third kappa shape index (κ3) is 3.73. The molecule has 1 aromatic rings. The zero-order chi connectivity index (χ0) is 13.9. The van der Waals surface area contributed by atoms with Crippen molar-refractivity contribution < 1.29 is 23.1 Å². The molecule has 0 heterocycles.